The summed E-state index contributed by atoms with van der Waals surface area (Å²) in [4.78, 5) is 0. The predicted octanol–water partition coefficient (Wildman–Crippen LogP) is 2.05. The van der Waals surface area contributed by atoms with Gasteiger partial charge in [0.15, 0.2) is 11.5 Å². The van der Waals surface area contributed by atoms with Gasteiger partial charge in [0.05, 0.1) is 6.61 Å². The molecule has 0 aromatic heterocycles. The van der Waals surface area contributed by atoms with Gasteiger partial charge in [-0.25, -0.2) is 0 Å². The Morgan fingerprint density at radius 3 is 2.93 bits per heavy atom. The molecule has 5 heteroatoms. The van der Waals surface area contributed by atoms with E-state index in [1.165, 1.54) is 0 Å². The molecule has 0 spiro atoms. The van der Waals surface area contributed by atoms with Crippen LogP contribution in [-0.2, 0) is 20.1 Å². The zero-order chi connectivity index (χ0) is 10.9. The minimum atomic E-state index is -3.47. The summed E-state index contributed by atoms with van der Waals surface area (Å²) in [6.07, 6.45) is 0.683. The normalized spacial score (nSPS) is 13.1. The molecule has 0 aliphatic carbocycles. The summed E-state index contributed by atoms with van der Waals surface area (Å²) in [5.74, 6) is 1.33. The molecule has 0 radical (unpaired) electrons. The molecular weight excluding hydrogens is 216 g/mol. The topological polar surface area (TPSA) is 55.9 Å². The van der Waals surface area contributed by atoms with Gasteiger partial charge in [-0.15, -0.1) is 0 Å². The lowest BCUT2D eigenvalue weighted by Crippen LogP contribution is -2.09. The van der Waals surface area contributed by atoms with Gasteiger partial charge >= 0.3 is 0 Å². The Labute approximate surface area is 88.9 Å². The molecule has 0 fully saturated rings. The van der Waals surface area contributed by atoms with E-state index in [0.29, 0.717) is 17.7 Å². The van der Waals surface area contributed by atoms with Crippen LogP contribution in [-0.4, -0.2) is 15.0 Å². The van der Waals surface area contributed by atoms with Crippen molar-refractivity contribution in [3.8, 4) is 11.5 Å². The highest BCUT2D eigenvalue weighted by atomic mass is 32.2. The van der Waals surface area contributed by atoms with Crippen LogP contribution in [0, 0.1) is 0 Å². The van der Waals surface area contributed by atoms with Crippen LogP contribution in [0.3, 0.4) is 0 Å². The zero-order valence-electron chi connectivity index (χ0n) is 8.39. The van der Waals surface area contributed by atoms with Gasteiger partial charge in [-0.05, 0) is 12.5 Å². The lowest BCUT2D eigenvalue weighted by atomic mass is 10.2. The highest BCUT2D eigenvalue weighted by molar-refractivity contribution is 7.85. The van der Waals surface area contributed by atoms with E-state index in [1.807, 2.05) is 6.92 Å². The van der Waals surface area contributed by atoms with Crippen molar-refractivity contribution in [2.75, 3.05) is 6.61 Å². The first-order valence-corrected chi connectivity index (χ1v) is 6.37. The fourth-order valence-corrected chi connectivity index (χ4v) is 2.41. The van der Waals surface area contributed by atoms with Gasteiger partial charge in [-0.1, -0.05) is 19.1 Å². The molecular formula is C10H12O4S. The molecule has 0 unspecified atom stereocenters. The fraction of sp³-hybridized carbons (Fsp3) is 0.400. The summed E-state index contributed by atoms with van der Waals surface area (Å²) >= 11 is 0. The van der Waals surface area contributed by atoms with Gasteiger partial charge in [-0.3, -0.25) is 4.18 Å². The fourth-order valence-electron chi connectivity index (χ4n) is 1.30. The minimum Gasteiger partial charge on any atom is -0.449 e. The SMILES string of the molecule is CCCOS(=O)(=O)Cc1cccc2c1O2. The first-order chi connectivity index (χ1) is 7.12. The molecule has 1 aliphatic heterocycles. The number of hydrogen-bond donors (Lipinski definition) is 0. The number of ether oxygens (including phenoxy) is 1. The Balaban J connectivity index is 2.07. The maximum absolute atomic E-state index is 11.5. The number of benzene rings is 1. The van der Waals surface area contributed by atoms with Crippen LogP contribution in [0.2, 0.25) is 0 Å². The van der Waals surface area contributed by atoms with Gasteiger partial charge in [0.25, 0.3) is 10.1 Å². The van der Waals surface area contributed by atoms with Crippen LogP contribution in [0.5, 0.6) is 11.5 Å². The molecule has 1 aromatic carbocycles. The second-order valence-electron chi connectivity index (χ2n) is 3.37. The van der Waals surface area contributed by atoms with Crippen molar-refractivity contribution in [3.05, 3.63) is 23.8 Å². The number of para-hydroxylation sites is 1. The van der Waals surface area contributed by atoms with E-state index in [4.69, 9.17) is 8.92 Å². The molecule has 82 valence electrons. The van der Waals surface area contributed by atoms with Gasteiger partial charge in [0.1, 0.15) is 5.75 Å². The van der Waals surface area contributed by atoms with Crippen LogP contribution in [0.1, 0.15) is 18.9 Å². The number of fused-ring (bicyclic) bond motifs is 1. The standard InChI is InChI=1S/C10H12O4S/c1-2-6-13-15(11,12)7-8-4-3-5-9-10(8)14-9/h3-5H,2,6-7H2,1H3. The third-order valence-corrected chi connectivity index (χ3v) is 3.22. The van der Waals surface area contributed by atoms with Crippen LogP contribution in [0.15, 0.2) is 18.2 Å². The van der Waals surface area contributed by atoms with Crippen LogP contribution in [0.25, 0.3) is 0 Å². The summed E-state index contributed by atoms with van der Waals surface area (Å²) < 4.78 is 32.8. The van der Waals surface area contributed by atoms with Gasteiger partial charge in [-0.2, -0.15) is 8.42 Å². The monoisotopic (exact) mass is 228 g/mol. The number of hydrogen-bond acceptors (Lipinski definition) is 4. The van der Waals surface area contributed by atoms with E-state index in [1.54, 1.807) is 18.2 Å². The molecule has 0 bridgehead atoms. The lowest BCUT2D eigenvalue weighted by Gasteiger charge is -2.02. The molecule has 1 aliphatic rings. The Bertz CT molecular complexity index is 464. The quantitative estimate of drug-likeness (QED) is 0.580. The third-order valence-electron chi connectivity index (χ3n) is 2.03. The molecule has 0 saturated heterocycles. The van der Waals surface area contributed by atoms with E-state index in [-0.39, 0.29) is 12.4 Å². The van der Waals surface area contributed by atoms with Gasteiger partial charge in [0.2, 0.25) is 0 Å². The maximum Gasteiger partial charge on any atom is 0.271 e. The van der Waals surface area contributed by atoms with Gasteiger partial charge < -0.3 is 4.74 Å². The largest absolute Gasteiger partial charge is 0.449 e. The second-order valence-corrected chi connectivity index (χ2v) is 5.01. The molecule has 0 amide bonds. The summed E-state index contributed by atoms with van der Waals surface area (Å²) in [6.45, 7) is 2.10. The summed E-state index contributed by atoms with van der Waals surface area (Å²) in [7, 11) is -3.47. The lowest BCUT2D eigenvalue weighted by molar-refractivity contribution is 0.317. The predicted molar refractivity (Wildman–Crippen MR) is 55.4 cm³/mol. The highest BCUT2D eigenvalue weighted by Crippen LogP contribution is 2.48. The average molecular weight is 228 g/mol. The summed E-state index contributed by atoms with van der Waals surface area (Å²) in [5, 5.41) is 0. The van der Waals surface area contributed by atoms with Crippen molar-refractivity contribution < 1.29 is 17.3 Å². The molecule has 15 heavy (non-hydrogen) atoms. The van der Waals surface area contributed by atoms with Crippen molar-refractivity contribution in [1.29, 1.82) is 0 Å². The highest BCUT2D eigenvalue weighted by Gasteiger charge is 2.26. The minimum absolute atomic E-state index is 0.115. The Morgan fingerprint density at radius 1 is 1.40 bits per heavy atom. The van der Waals surface area contributed by atoms with Gasteiger partial charge in [0, 0.05) is 5.56 Å². The molecule has 0 saturated carbocycles. The first-order valence-electron chi connectivity index (χ1n) is 4.79. The van der Waals surface area contributed by atoms with E-state index >= 15 is 0 Å². The smallest absolute Gasteiger partial charge is 0.271 e. The van der Waals surface area contributed by atoms with Crippen molar-refractivity contribution in [3.63, 3.8) is 0 Å². The number of rotatable bonds is 5. The van der Waals surface area contributed by atoms with E-state index in [0.717, 1.165) is 5.75 Å². The maximum atomic E-state index is 11.5. The first kappa shape index (κ1) is 10.4. The van der Waals surface area contributed by atoms with E-state index < -0.39 is 10.1 Å². The Hall–Kier alpha value is -1.07. The average Bonchev–Trinajstić information content (AvgIpc) is 2.94. The summed E-state index contributed by atoms with van der Waals surface area (Å²) in [5.41, 5.74) is 0.670. The zero-order valence-corrected chi connectivity index (χ0v) is 9.21. The van der Waals surface area contributed by atoms with Crippen LogP contribution < -0.4 is 4.74 Å². The van der Waals surface area contributed by atoms with Crippen molar-refractivity contribution >= 4 is 10.1 Å². The molecule has 0 atom stereocenters. The molecule has 1 heterocycles. The third kappa shape index (κ3) is 2.49. The molecule has 0 N–H and O–H groups in total. The Kier molecular flexibility index (Phi) is 2.67. The molecule has 4 nitrogen and oxygen atoms in total. The molecule has 1 aromatic rings. The van der Waals surface area contributed by atoms with Crippen LogP contribution >= 0.6 is 0 Å². The second kappa shape index (κ2) is 3.83. The van der Waals surface area contributed by atoms with Crippen molar-refractivity contribution in [1.82, 2.24) is 0 Å². The molecule has 2 rings (SSSR count). The van der Waals surface area contributed by atoms with Crippen molar-refractivity contribution in [2.24, 2.45) is 0 Å². The van der Waals surface area contributed by atoms with Crippen molar-refractivity contribution in [2.45, 2.75) is 19.1 Å². The van der Waals surface area contributed by atoms with E-state index in [9.17, 15) is 8.42 Å². The summed E-state index contributed by atoms with van der Waals surface area (Å²) in [6, 6.07) is 5.31. The van der Waals surface area contributed by atoms with Crippen LogP contribution in [0.4, 0.5) is 0 Å². The van der Waals surface area contributed by atoms with E-state index in [2.05, 4.69) is 0 Å². The Morgan fingerprint density at radius 2 is 2.20 bits per heavy atom.